The Balaban J connectivity index is 0.000000120. The average molecular weight is 275 g/mol. The minimum Gasteiger partial charge on any atom is -0.837 e. The van der Waals surface area contributed by atoms with Crippen LogP contribution in [0.3, 0.4) is 0 Å². The van der Waals surface area contributed by atoms with Gasteiger partial charge in [0, 0.05) is 10.5 Å². The molecule has 0 saturated carbocycles. The molecule has 2 aliphatic heterocycles. The van der Waals surface area contributed by atoms with Gasteiger partial charge in [-0.05, 0) is 9.87 Å². The van der Waals surface area contributed by atoms with E-state index in [9.17, 15) is 10.2 Å². The van der Waals surface area contributed by atoms with Crippen LogP contribution < -0.4 is 10.2 Å². The van der Waals surface area contributed by atoms with Crippen molar-refractivity contribution in [2.45, 2.75) is 20.4 Å². The largest absolute Gasteiger partial charge is 2.00 e. The van der Waals surface area contributed by atoms with Gasteiger partial charge in [-0.25, -0.2) is 0 Å². The summed E-state index contributed by atoms with van der Waals surface area (Å²) in [5.41, 5.74) is 0. The van der Waals surface area contributed by atoms with Crippen LogP contribution in [0.1, 0.15) is 0 Å². The zero-order valence-corrected chi connectivity index (χ0v) is 12.2. The predicted molar refractivity (Wildman–Crippen MR) is 70.5 cm³/mol. The Hall–Kier alpha value is 0.346. The third-order valence-corrected chi connectivity index (χ3v) is 5.28. The van der Waals surface area contributed by atoms with Crippen molar-refractivity contribution in [3.05, 3.63) is 48.6 Å². The van der Waals surface area contributed by atoms with Gasteiger partial charge in [0.15, 0.2) is 0 Å². The van der Waals surface area contributed by atoms with E-state index in [1.807, 2.05) is 36.5 Å². The number of allylic oxidation sites excluding steroid dienone is 4. The van der Waals surface area contributed by atoms with E-state index in [-0.39, 0.29) is 33.6 Å². The Bertz CT molecular complexity index is 392. The van der Waals surface area contributed by atoms with Gasteiger partial charge in [-0.3, -0.25) is 0 Å². The fourth-order valence-electron chi connectivity index (χ4n) is 1.65. The summed E-state index contributed by atoms with van der Waals surface area (Å²) in [6.45, 7) is 0. The molecule has 0 spiro atoms. The van der Waals surface area contributed by atoms with E-state index >= 15 is 0 Å². The fourth-order valence-corrected chi connectivity index (χ4v) is 3.28. The molecule has 0 aromatic heterocycles. The first-order valence-electron chi connectivity index (χ1n) is 5.11. The summed E-state index contributed by atoms with van der Waals surface area (Å²) in [5.74, 6) is 0. The normalized spacial score (nSPS) is 46.0. The molecule has 4 aliphatic rings. The van der Waals surface area contributed by atoms with E-state index in [1.54, 1.807) is 12.2 Å². The van der Waals surface area contributed by atoms with Crippen molar-refractivity contribution in [3.63, 3.8) is 0 Å². The summed E-state index contributed by atoms with van der Waals surface area (Å²) >= 11 is 2.94. The third-order valence-electron chi connectivity index (χ3n) is 2.75. The standard InChI is InChI=1S/2C6H5OS.Mg/c2*7-6-4-2-1-3-5(6)8-6;/h2*1-5H;/q2*-1;+2. The van der Waals surface area contributed by atoms with E-state index in [2.05, 4.69) is 0 Å². The maximum absolute atomic E-state index is 11.0. The van der Waals surface area contributed by atoms with E-state index in [0.717, 1.165) is 0 Å². The van der Waals surface area contributed by atoms with Gasteiger partial charge in [0.1, 0.15) is 0 Å². The second-order valence-corrected chi connectivity index (χ2v) is 6.77. The number of thioether (sulfide) groups is 2. The van der Waals surface area contributed by atoms with E-state index in [4.69, 9.17) is 0 Å². The molecule has 2 saturated heterocycles. The minimum atomic E-state index is -0.755. The summed E-state index contributed by atoms with van der Waals surface area (Å²) in [6, 6.07) is 0. The van der Waals surface area contributed by atoms with Crippen molar-refractivity contribution in [2.75, 3.05) is 0 Å². The van der Waals surface area contributed by atoms with Gasteiger partial charge >= 0.3 is 23.1 Å². The number of hydrogen-bond acceptors (Lipinski definition) is 4. The van der Waals surface area contributed by atoms with Crippen molar-refractivity contribution in [3.8, 4) is 0 Å². The zero-order chi connectivity index (χ0) is 11.2. The first kappa shape index (κ1) is 13.8. The third kappa shape index (κ3) is 2.85. The fraction of sp³-hybridized carbons (Fsp3) is 0.333. The van der Waals surface area contributed by atoms with Crippen LogP contribution in [0.2, 0.25) is 0 Å². The molecule has 2 nitrogen and oxygen atoms in total. The molecule has 4 unspecified atom stereocenters. The molecular formula is C12H10MgO2S2. The van der Waals surface area contributed by atoms with Gasteiger partial charge in [0.05, 0.1) is 0 Å². The molecule has 0 radical (unpaired) electrons. The summed E-state index contributed by atoms with van der Waals surface area (Å²) in [6.07, 6.45) is 14.9. The average Bonchev–Trinajstić information content (AvgIpc) is 3.10. The predicted octanol–water partition coefficient (Wildman–Crippen LogP) is 0.188. The summed E-state index contributed by atoms with van der Waals surface area (Å²) < 4.78 is 0. The van der Waals surface area contributed by atoms with Gasteiger partial charge in [-0.2, -0.15) is 23.5 Å². The zero-order valence-electron chi connectivity index (χ0n) is 9.11. The van der Waals surface area contributed by atoms with Crippen LogP contribution in [0.5, 0.6) is 0 Å². The monoisotopic (exact) mass is 274 g/mol. The molecule has 4 rings (SSSR count). The molecule has 0 N–H and O–H groups in total. The van der Waals surface area contributed by atoms with Gasteiger partial charge < -0.3 is 10.2 Å². The van der Waals surface area contributed by atoms with Crippen LogP contribution >= 0.6 is 23.5 Å². The van der Waals surface area contributed by atoms with Gasteiger partial charge in [0.25, 0.3) is 0 Å². The molecule has 0 amide bonds. The molecule has 17 heavy (non-hydrogen) atoms. The molecule has 2 fully saturated rings. The quantitative estimate of drug-likeness (QED) is 0.467. The Morgan fingerprint density at radius 1 is 0.765 bits per heavy atom. The van der Waals surface area contributed by atoms with Crippen LogP contribution in [0, 0.1) is 0 Å². The van der Waals surface area contributed by atoms with Crippen molar-refractivity contribution < 1.29 is 10.2 Å². The molecule has 4 atom stereocenters. The Morgan fingerprint density at radius 2 is 1.18 bits per heavy atom. The Kier molecular flexibility index (Phi) is 3.88. The van der Waals surface area contributed by atoms with Crippen LogP contribution in [-0.2, 0) is 0 Å². The topological polar surface area (TPSA) is 46.1 Å². The van der Waals surface area contributed by atoms with E-state index in [1.165, 1.54) is 23.5 Å². The second-order valence-electron chi connectivity index (χ2n) is 4.01. The summed E-state index contributed by atoms with van der Waals surface area (Å²) in [5, 5.41) is 22.5. The molecule has 2 heterocycles. The van der Waals surface area contributed by atoms with Crippen LogP contribution in [-0.4, -0.2) is 43.4 Å². The number of rotatable bonds is 0. The van der Waals surface area contributed by atoms with E-state index < -0.39 is 9.87 Å². The van der Waals surface area contributed by atoms with Crippen molar-refractivity contribution >= 4 is 46.6 Å². The van der Waals surface area contributed by atoms with Crippen molar-refractivity contribution in [1.29, 1.82) is 0 Å². The van der Waals surface area contributed by atoms with Gasteiger partial charge in [-0.15, -0.1) is 0 Å². The molecule has 84 valence electrons. The SMILES string of the molecule is [Mg+2].[O-]C12C=CC=CC1S2.[O-]C12C=CC=CC1S2. The van der Waals surface area contributed by atoms with Crippen LogP contribution in [0.4, 0.5) is 0 Å². The maximum Gasteiger partial charge on any atom is 2.00 e. The molecular weight excluding hydrogens is 265 g/mol. The molecule has 0 aromatic carbocycles. The molecule has 0 bridgehead atoms. The van der Waals surface area contributed by atoms with E-state index in [0.29, 0.717) is 0 Å². The maximum atomic E-state index is 11.0. The number of fused-ring (bicyclic) bond motifs is 2. The van der Waals surface area contributed by atoms with Crippen molar-refractivity contribution in [1.82, 2.24) is 0 Å². The second kappa shape index (κ2) is 4.79. The van der Waals surface area contributed by atoms with Gasteiger partial charge in [-0.1, -0.05) is 48.6 Å². The first-order valence-corrected chi connectivity index (χ1v) is 6.87. The van der Waals surface area contributed by atoms with Crippen molar-refractivity contribution in [2.24, 2.45) is 0 Å². The molecule has 0 aromatic rings. The minimum absolute atomic E-state index is 0. The van der Waals surface area contributed by atoms with Crippen LogP contribution in [0.15, 0.2) is 48.6 Å². The first-order chi connectivity index (χ1) is 7.62. The molecule has 2 aliphatic carbocycles. The Labute approximate surface area is 125 Å². The van der Waals surface area contributed by atoms with Crippen LogP contribution in [0.25, 0.3) is 0 Å². The van der Waals surface area contributed by atoms with Gasteiger partial charge in [0.2, 0.25) is 0 Å². The Morgan fingerprint density at radius 3 is 1.41 bits per heavy atom. The number of hydrogen-bond donors (Lipinski definition) is 0. The summed E-state index contributed by atoms with van der Waals surface area (Å²) in [4.78, 5) is -1.51. The molecule has 5 heteroatoms. The summed E-state index contributed by atoms with van der Waals surface area (Å²) in [7, 11) is 0. The smallest absolute Gasteiger partial charge is 0.837 e.